The van der Waals surface area contributed by atoms with Crippen molar-refractivity contribution in [1.29, 1.82) is 0 Å². The number of sulfonamides is 1. The lowest BCUT2D eigenvalue weighted by atomic mass is 10.3. The molecule has 1 amide bonds. The summed E-state index contributed by atoms with van der Waals surface area (Å²) < 4.78 is 31.2. The van der Waals surface area contributed by atoms with Gasteiger partial charge in [0.05, 0.1) is 24.2 Å². The Morgan fingerprint density at radius 3 is 2.44 bits per heavy atom. The van der Waals surface area contributed by atoms with Crippen molar-refractivity contribution in [2.45, 2.75) is 18.7 Å². The van der Waals surface area contributed by atoms with Gasteiger partial charge in [-0.15, -0.1) is 11.8 Å². The monoisotopic (exact) mass is 408 g/mol. The summed E-state index contributed by atoms with van der Waals surface area (Å²) in [6.45, 7) is 3.90. The maximum Gasteiger partial charge on any atom is 0.245 e. The van der Waals surface area contributed by atoms with Gasteiger partial charge in [0, 0.05) is 4.90 Å². The van der Waals surface area contributed by atoms with Gasteiger partial charge >= 0.3 is 0 Å². The van der Waals surface area contributed by atoms with Crippen molar-refractivity contribution < 1.29 is 17.9 Å². The van der Waals surface area contributed by atoms with E-state index in [1.165, 1.54) is 0 Å². The number of hydrogen-bond acceptors (Lipinski definition) is 5. The zero-order valence-corrected chi connectivity index (χ0v) is 17.3. The molecule has 6 nitrogen and oxygen atoms in total. The highest BCUT2D eigenvalue weighted by atomic mass is 32.2. The highest BCUT2D eigenvalue weighted by Gasteiger charge is 2.24. The van der Waals surface area contributed by atoms with E-state index in [0.717, 1.165) is 21.2 Å². The number of anilines is 2. The molecule has 2 rings (SSSR count). The van der Waals surface area contributed by atoms with Gasteiger partial charge in [-0.1, -0.05) is 31.2 Å². The third-order valence-corrected chi connectivity index (χ3v) is 5.66. The van der Waals surface area contributed by atoms with Crippen LogP contribution >= 0.6 is 11.8 Å². The number of nitrogens with one attached hydrogen (secondary N) is 1. The molecule has 0 saturated heterocycles. The molecule has 1 N–H and O–H groups in total. The molecule has 0 aliphatic heterocycles. The SMILES string of the molecule is CCOc1ccccc1N(CC(=O)Nc1ccccc1SCC)S(C)(=O)=O. The Hall–Kier alpha value is -2.19. The molecule has 2 aromatic rings. The van der Waals surface area contributed by atoms with E-state index in [0.29, 0.717) is 23.7 Å². The summed E-state index contributed by atoms with van der Waals surface area (Å²) in [6.07, 6.45) is 1.07. The van der Waals surface area contributed by atoms with E-state index in [9.17, 15) is 13.2 Å². The van der Waals surface area contributed by atoms with Gasteiger partial charge in [0.1, 0.15) is 12.3 Å². The fourth-order valence-corrected chi connectivity index (χ4v) is 4.11. The number of nitrogens with zero attached hydrogens (tertiary/aromatic N) is 1. The smallest absolute Gasteiger partial charge is 0.245 e. The fourth-order valence-electron chi connectivity index (χ4n) is 2.49. The number of para-hydroxylation sites is 3. The van der Waals surface area contributed by atoms with E-state index in [1.807, 2.05) is 32.0 Å². The first kappa shape index (κ1) is 21.1. The first-order valence-corrected chi connectivity index (χ1v) is 11.4. The van der Waals surface area contributed by atoms with Gasteiger partial charge in [-0.3, -0.25) is 9.10 Å². The molecule has 0 radical (unpaired) electrons. The lowest BCUT2D eigenvalue weighted by molar-refractivity contribution is -0.114. The summed E-state index contributed by atoms with van der Waals surface area (Å²) in [4.78, 5) is 13.5. The van der Waals surface area contributed by atoms with E-state index in [-0.39, 0.29) is 6.54 Å². The van der Waals surface area contributed by atoms with E-state index in [2.05, 4.69) is 5.32 Å². The molecule has 0 aromatic heterocycles. The van der Waals surface area contributed by atoms with Crippen LogP contribution in [-0.2, 0) is 14.8 Å². The molecule has 0 atom stereocenters. The number of rotatable bonds is 9. The molecule has 0 bridgehead atoms. The van der Waals surface area contributed by atoms with Crippen molar-refractivity contribution in [1.82, 2.24) is 0 Å². The Morgan fingerprint density at radius 2 is 1.78 bits per heavy atom. The Kier molecular flexibility index (Phi) is 7.55. The minimum Gasteiger partial charge on any atom is -0.492 e. The predicted octanol–water partition coefficient (Wildman–Crippen LogP) is 3.60. The van der Waals surface area contributed by atoms with Crippen LogP contribution < -0.4 is 14.4 Å². The number of carbonyl (C=O) groups excluding carboxylic acids is 1. The highest BCUT2D eigenvalue weighted by Crippen LogP contribution is 2.30. The maximum atomic E-state index is 12.6. The van der Waals surface area contributed by atoms with Crippen LogP contribution in [0.4, 0.5) is 11.4 Å². The summed E-state index contributed by atoms with van der Waals surface area (Å²) >= 11 is 1.61. The topological polar surface area (TPSA) is 75.7 Å². The first-order valence-electron chi connectivity index (χ1n) is 8.58. The molecule has 8 heteroatoms. The van der Waals surface area contributed by atoms with E-state index >= 15 is 0 Å². The van der Waals surface area contributed by atoms with Gasteiger partial charge in [0.2, 0.25) is 15.9 Å². The quantitative estimate of drug-likeness (QED) is 0.642. The Balaban J connectivity index is 2.27. The average Bonchev–Trinajstić information content (AvgIpc) is 2.62. The van der Waals surface area contributed by atoms with Crippen LogP contribution in [0.15, 0.2) is 53.4 Å². The van der Waals surface area contributed by atoms with Crippen molar-refractivity contribution in [3.63, 3.8) is 0 Å². The second kappa shape index (κ2) is 9.66. The number of ether oxygens (including phenoxy) is 1. The number of thioether (sulfide) groups is 1. The van der Waals surface area contributed by atoms with Crippen LogP contribution in [0.5, 0.6) is 5.75 Å². The largest absolute Gasteiger partial charge is 0.492 e. The predicted molar refractivity (Wildman–Crippen MR) is 111 cm³/mol. The molecule has 0 heterocycles. The summed E-state index contributed by atoms with van der Waals surface area (Å²) in [5.41, 5.74) is 1.01. The van der Waals surface area contributed by atoms with Crippen molar-refractivity contribution in [3.8, 4) is 5.75 Å². The molecule has 146 valence electrons. The molecule has 2 aromatic carbocycles. The number of benzene rings is 2. The zero-order valence-electron chi connectivity index (χ0n) is 15.6. The van der Waals surface area contributed by atoms with Crippen LogP contribution in [0.25, 0.3) is 0 Å². The molecular weight excluding hydrogens is 384 g/mol. The van der Waals surface area contributed by atoms with Gasteiger partial charge < -0.3 is 10.1 Å². The summed E-state index contributed by atoms with van der Waals surface area (Å²) in [7, 11) is -3.68. The van der Waals surface area contributed by atoms with Crippen molar-refractivity contribution in [3.05, 3.63) is 48.5 Å². The van der Waals surface area contributed by atoms with Crippen LogP contribution in [0.1, 0.15) is 13.8 Å². The van der Waals surface area contributed by atoms with Crippen LogP contribution in [0, 0.1) is 0 Å². The molecule has 0 aliphatic rings. The van der Waals surface area contributed by atoms with E-state index < -0.39 is 15.9 Å². The van der Waals surface area contributed by atoms with Crippen LogP contribution in [-0.4, -0.2) is 39.5 Å². The van der Waals surface area contributed by atoms with Gasteiger partial charge in [-0.25, -0.2) is 8.42 Å². The molecule has 0 spiro atoms. The van der Waals surface area contributed by atoms with Crippen molar-refractivity contribution >= 4 is 39.1 Å². The minimum atomic E-state index is -3.68. The number of carbonyl (C=O) groups is 1. The van der Waals surface area contributed by atoms with Crippen molar-refractivity contribution in [2.75, 3.05) is 34.8 Å². The first-order chi connectivity index (χ1) is 12.9. The number of hydrogen-bond donors (Lipinski definition) is 1. The average molecular weight is 409 g/mol. The van der Waals surface area contributed by atoms with E-state index in [1.54, 1.807) is 42.1 Å². The summed E-state index contributed by atoms with van der Waals surface area (Å²) in [6, 6.07) is 14.2. The van der Waals surface area contributed by atoms with Crippen LogP contribution in [0.3, 0.4) is 0 Å². The highest BCUT2D eigenvalue weighted by molar-refractivity contribution is 7.99. The second-order valence-electron chi connectivity index (χ2n) is 5.65. The normalized spacial score (nSPS) is 11.1. The maximum absolute atomic E-state index is 12.6. The van der Waals surface area contributed by atoms with Gasteiger partial charge in [-0.2, -0.15) is 0 Å². The zero-order chi connectivity index (χ0) is 19.9. The van der Waals surface area contributed by atoms with Gasteiger partial charge in [0.15, 0.2) is 0 Å². The lowest BCUT2D eigenvalue weighted by Crippen LogP contribution is -2.37. The second-order valence-corrected chi connectivity index (χ2v) is 8.86. The molecule has 0 unspecified atom stereocenters. The molecule has 27 heavy (non-hydrogen) atoms. The Morgan fingerprint density at radius 1 is 1.11 bits per heavy atom. The summed E-state index contributed by atoms with van der Waals surface area (Å²) in [5, 5.41) is 2.81. The molecular formula is C19H24N2O4S2. The standard InChI is InChI=1S/C19H24N2O4S2/c1-4-25-17-12-8-7-11-16(17)21(27(3,23)24)14-19(22)20-15-10-6-9-13-18(15)26-5-2/h6-13H,4-5,14H2,1-3H3,(H,20,22). The van der Waals surface area contributed by atoms with Gasteiger partial charge in [0.25, 0.3) is 0 Å². The lowest BCUT2D eigenvalue weighted by Gasteiger charge is -2.24. The van der Waals surface area contributed by atoms with Crippen molar-refractivity contribution in [2.24, 2.45) is 0 Å². The third-order valence-electron chi connectivity index (χ3n) is 3.58. The fraction of sp³-hybridized carbons (Fsp3) is 0.316. The van der Waals surface area contributed by atoms with Crippen LogP contribution in [0.2, 0.25) is 0 Å². The van der Waals surface area contributed by atoms with E-state index in [4.69, 9.17) is 4.74 Å². The molecule has 0 aliphatic carbocycles. The third kappa shape index (κ3) is 5.90. The summed E-state index contributed by atoms with van der Waals surface area (Å²) in [5.74, 6) is 0.861. The Labute approximate surface area is 165 Å². The number of amides is 1. The Bertz CT molecular complexity index is 885. The minimum absolute atomic E-state index is 0.339. The molecule has 0 saturated carbocycles. The molecule has 0 fully saturated rings. The van der Waals surface area contributed by atoms with Gasteiger partial charge in [-0.05, 0) is 36.9 Å².